The number of hydrogen-bond acceptors (Lipinski definition) is 1. The Hall–Kier alpha value is -0.600. The monoisotopic (exact) mass is 258 g/mol. The number of rotatable bonds is 6. The molecule has 0 saturated carbocycles. The lowest BCUT2D eigenvalue weighted by Crippen LogP contribution is -2.14. The minimum Gasteiger partial charge on any atom is -0.388 e. The fourth-order valence-corrected chi connectivity index (χ4v) is 2.36. The van der Waals surface area contributed by atoms with Crippen LogP contribution in [0.4, 0.5) is 4.39 Å². The highest BCUT2D eigenvalue weighted by Gasteiger charge is 2.22. The van der Waals surface area contributed by atoms with Crippen LogP contribution in [0.5, 0.6) is 0 Å². The zero-order valence-corrected chi connectivity index (χ0v) is 11.2. The van der Waals surface area contributed by atoms with Crippen molar-refractivity contribution in [2.24, 2.45) is 5.92 Å². The van der Waals surface area contributed by atoms with Gasteiger partial charge in [-0.3, -0.25) is 0 Å². The number of benzene rings is 1. The third kappa shape index (κ3) is 3.97. The van der Waals surface area contributed by atoms with Crippen LogP contribution in [0, 0.1) is 11.7 Å². The molecule has 0 saturated heterocycles. The molecule has 1 aromatic rings. The molecule has 96 valence electrons. The van der Waals surface area contributed by atoms with Crippen molar-refractivity contribution in [1.29, 1.82) is 0 Å². The quantitative estimate of drug-likeness (QED) is 0.782. The molecule has 3 heteroatoms. The number of aliphatic hydroxyl groups excluding tert-OH is 1. The van der Waals surface area contributed by atoms with Gasteiger partial charge in [0.25, 0.3) is 0 Å². The summed E-state index contributed by atoms with van der Waals surface area (Å²) in [6.07, 6.45) is 3.09. The molecule has 1 N–H and O–H groups in total. The predicted octanol–water partition coefficient (Wildman–Crippen LogP) is 4.73. The van der Waals surface area contributed by atoms with Crippen molar-refractivity contribution < 1.29 is 9.50 Å². The first kappa shape index (κ1) is 14.5. The molecular weight excluding hydrogens is 239 g/mol. The topological polar surface area (TPSA) is 20.2 Å². The Kier molecular flexibility index (Phi) is 5.93. The maximum absolute atomic E-state index is 13.7. The Morgan fingerprint density at radius 3 is 2.29 bits per heavy atom. The molecule has 17 heavy (non-hydrogen) atoms. The van der Waals surface area contributed by atoms with Crippen LogP contribution in [0.1, 0.15) is 51.2 Å². The van der Waals surface area contributed by atoms with Crippen LogP contribution in [0.25, 0.3) is 0 Å². The molecule has 0 aliphatic rings. The number of halogens is 2. The van der Waals surface area contributed by atoms with Crippen LogP contribution in [0.3, 0.4) is 0 Å². The summed E-state index contributed by atoms with van der Waals surface area (Å²) >= 11 is 5.70. The molecule has 1 rings (SSSR count). The maximum atomic E-state index is 13.7. The van der Waals surface area contributed by atoms with Gasteiger partial charge in [-0.2, -0.15) is 0 Å². The van der Waals surface area contributed by atoms with Gasteiger partial charge < -0.3 is 5.11 Å². The highest BCUT2D eigenvalue weighted by atomic mass is 35.5. The summed E-state index contributed by atoms with van der Waals surface area (Å²) in [6.45, 7) is 4.15. The van der Waals surface area contributed by atoms with Crippen LogP contribution in [-0.2, 0) is 0 Å². The van der Waals surface area contributed by atoms with Crippen molar-refractivity contribution in [1.82, 2.24) is 0 Å². The highest BCUT2D eigenvalue weighted by Crippen LogP contribution is 2.31. The van der Waals surface area contributed by atoms with E-state index in [4.69, 9.17) is 11.6 Å². The minimum absolute atomic E-state index is 0.126. The molecule has 1 aromatic carbocycles. The van der Waals surface area contributed by atoms with Gasteiger partial charge in [-0.05, 0) is 30.9 Å². The summed E-state index contributed by atoms with van der Waals surface area (Å²) < 4.78 is 13.7. The van der Waals surface area contributed by atoms with Gasteiger partial charge in [0.15, 0.2) is 0 Å². The van der Waals surface area contributed by atoms with E-state index in [0.717, 1.165) is 25.7 Å². The summed E-state index contributed by atoms with van der Waals surface area (Å²) in [6, 6.07) is 4.47. The summed E-state index contributed by atoms with van der Waals surface area (Å²) in [4.78, 5) is 0. The molecule has 0 fully saturated rings. The van der Waals surface area contributed by atoms with Gasteiger partial charge in [-0.15, -0.1) is 0 Å². The minimum atomic E-state index is -0.729. The van der Waals surface area contributed by atoms with E-state index in [0.29, 0.717) is 10.6 Å². The third-order valence-corrected chi connectivity index (χ3v) is 3.28. The first-order valence-electron chi connectivity index (χ1n) is 6.23. The standard InChI is InChI=1S/C14H20ClFO/c1-3-5-10(6-4-2)14(17)12-8-7-11(15)9-13(12)16/h7-10,14,17H,3-6H2,1-2H3. The van der Waals surface area contributed by atoms with Crippen LogP contribution in [-0.4, -0.2) is 5.11 Å². The van der Waals surface area contributed by atoms with E-state index in [1.807, 2.05) is 0 Å². The molecule has 1 nitrogen and oxygen atoms in total. The summed E-state index contributed by atoms with van der Waals surface area (Å²) in [5.41, 5.74) is 0.362. The molecule has 0 radical (unpaired) electrons. The Labute approximate surface area is 108 Å². The van der Waals surface area contributed by atoms with E-state index < -0.39 is 11.9 Å². The fraction of sp³-hybridized carbons (Fsp3) is 0.571. The number of aliphatic hydroxyl groups is 1. The predicted molar refractivity (Wildman–Crippen MR) is 69.7 cm³/mol. The lowest BCUT2D eigenvalue weighted by atomic mass is 9.88. The van der Waals surface area contributed by atoms with Crippen molar-refractivity contribution in [3.05, 3.63) is 34.6 Å². The maximum Gasteiger partial charge on any atom is 0.130 e. The molecule has 1 atom stereocenters. The van der Waals surface area contributed by atoms with Crippen LogP contribution < -0.4 is 0 Å². The average molecular weight is 259 g/mol. The molecule has 0 spiro atoms. The van der Waals surface area contributed by atoms with Crippen LogP contribution >= 0.6 is 11.6 Å². The molecule has 0 aromatic heterocycles. The van der Waals surface area contributed by atoms with Gasteiger partial charge in [0.1, 0.15) is 5.82 Å². The number of hydrogen-bond donors (Lipinski definition) is 1. The third-order valence-electron chi connectivity index (χ3n) is 3.05. The van der Waals surface area contributed by atoms with E-state index in [1.165, 1.54) is 6.07 Å². The highest BCUT2D eigenvalue weighted by molar-refractivity contribution is 6.30. The second-order valence-corrected chi connectivity index (χ2v) is 4.88. The van der Waals surface area contributed by atoms with Crippen LogP contribution in [0.15, 0.2) is 18.2 Å². The van der Waals surface area contributed by atoms with Crippen molar-refractivity contribution in [2.45, 2.75) is 45.6 Å². The van der Waals surface area contributed by atoms with Crippen molar-refractivity contribution in [3.63, 3.8) is 0 Å². The Bertz CT molecular complexity index is 348. The molecule has 0 aliphatic heterocycles. The van der Waals surface area contributed by atoms with Gasteiger partial charge in [0.05, 0.1) is 6.10 Å². The van der Waals surface area contributed by atoms with Gasteiger partial charge in [-0.25, -0.2) is 4.39 Å². The molecular formula is C14H20ClFO. The molecule has 0 bridgehead atoms. The smallest absolute Gasteiger partial charge is 0.130 e. The van der Waals surface area contributed by atoms with Crippen LogP contribution in [0.2, 0.25) is 5.02 Å². The first-order chi connectivity index (χ1) is 8.10. The van der Waals surface area contributed by atoms with E-state index in [9.17, 15) is 9.50 Å². The van der Waals surface area contributed by atoms with Crippen molar-refractivity contribution in [3.8, 4) is 0 Å². The van der Waals surface area contributed by atoms with E-state index in [1.54, 1.807) is 12.1 Å². The molecule has 0 heterocycles. The average Bonchev–Trinajstić information content (AvgIpc) is 2.28. The lowest BCUT2D eigenvalue weighted by molar-refractivity contribution is 0.0930. The van der Waals surface area contributed by atoms with E-state index >= 15 is 0 Å². The van der Waals surface area contributed by atoms with Gasteiger partial charge in [-0.1, -0.05) is 44.4 Å². The fourth-order valence-electron chi connectivity index (χ4n) is 2.20. The zero-order chi connectivity index (χ0) is 12.8. The van der Waals surface area contributed by atoms with E-state index in [-0.39, 0.29) is 5.92 Å². The normalized spacial score (nSPS) is 13.1. The molecule has 0 aliphatic carbocycles. The Morgan fingerprint density at radius 2 is 1.82 bits per heavy atom. The Balaban J connectivity index is 2.88. The van der Waals surface area contributed by atoms with Gasteiger partial charge in [0.2, 0.25) is 0 Å². The second kappa shape index (κ2) is 6.97. The molecule has 0 amide bonds. The largest absolute Gasteiger partial charge is 0.388 e. The summed E-state index contributed by atoms with van der Waals surface area (Å²) in [7, 11) is 0. The summed E-state index contributed by atoms with van der Waals surface area (Å²) in [5.74, 6) is -0.289. The van der Waals surface area contributed by atoms with E-state index in [2.05, 4.69) is 13.8 Å². The SMILES string of the molecule is CCCC(CCC)C(O)c1ccc(Cl)cc1F. The molecule has 1 unspecified atom stereocenters. The first-order valence-corrected chi connectivity index (χ1v) is 6.60. The van der Waals surface area contributed by atoms with Crippen molar-refractivity contribution >= 4 is 11.6 Å². The zero-order valence-electron chi connectivity index (χ0n) is 10.4. The van der Waals surface area contributed by atoms with Gasteiger partial charge >= 0.3 is 0 Å². The van der Waals surface area contributed by atoms with Crippen molar-refractivity contribution in [2.75, 3.05) is 0 Å². The second-order valence-electron chi connectivity index (χ2n) is 4.45. The Morgan fingerprint density at radius 1 is 1.24 bits per heavy atom. The summed E-state index contributed by atoms with van der Waals surface area (Å²) in [5, 5.41) is 10.6. The van der Waals surface area contributed by atoms with Gasteiger partial charge in [0, 0.05) is 10.6 Å². The lowest BCUT2D eigenvalue weighted by Gasteiger charge is -2.22.